The van der Waals surface area contributed by atoms with Gasteiger partial charge in [0, 0.05) is 22.2 Å². The highest BCUT2D eigenvalue weighted by atomic mass is 35.5. The van der Waals surface area contributed by atoms with Crippen LogP contribution in [0.25, 0.3) is 22.5 Å². The molecule has 33 heavy (non-hydrogen) atoms. The number of nitro groups is 2. The minimum atomic E-state index is -0.670. The summed E-state index contributed by atoms with van der Waals surface area (Å²) in [7, 11) is 0. The van der Waals surface area contributed by atoms with Crippen molar-refractivity contribution < 1.29 is 9.85 Å². The molecule has 0 amide bonds. The molecule has 0 saturated carbocycles. The third-order valence-corrected chi connectivity index (χ3v) is 5.94. The molecule has 3 aromatic carbocycles. The first kappa shape index (κ1) is 22.4. The summed E-state index contributed by atoms with van der Waals surface area (Å²) >= 11 is 7.19. The van der Waals surface area contributed by atoms with E-state index in [2.05, 4.69) is 4.98 Å². The lowest BCUT2D eigenvalue weighted by molar-refractivity contribution is -0.396. The van der Waals surface area contributed by atoms with Crippen molar-refractivity contribution in [1.82, 2.24) is 9.97 Å². The van der Waals surface area contributed by atoms with Crippen molar-refractivity contribution in [3.8, 4) is 22.5 Å². The van der Waals surface area contributed by atoms with Crippen molar-refractivity contribution >= 4 is 34.7 Å². The van der Waals surface area contributed by atoms with Crippen LogP contribution in [-0.2, 0) is 0 Å². The highest BCUT2D eigenvalue weighted by molar-refractivity contribution is 7.99. The first-order chi connectivity index (χ1) is 15.8. The summed E-state index contributed by atoms with van der Waals surface area (Å²) in [6.07, 6.45) is 1.52. The Balaban J connectivity index is 1.81. The normalized spacial score (nSPS) is 10.7. The molecule has 0 fully saturated rings. The number of rotatable bonds is 6. The summed E-state index contributed by atoms with van der Waals surface area (Å²) in [6.45, 7) is 1.98. The smallest absolute Gasteiger partial charge is 0.258 e. The average Bonchev–Trinajstić information content (AvgIpc) is 2.79. The van der Waals surface area contributed by atoms with E-state index in [9.17, 15) is 20.2 Å². The molecule has 0 bridgehead atoms. The van der Waals surface area contributed by atoms with Gasteiger partial charge in [0.1, 0.15) is 5.03 Å². The lowest BCUT2D eigenvalue weighted by atomic mass is 10.0. The molecule has 1 heterocycles. The molecular formula is C23H15ClN4O4S. The monoisotopic (exact) mass is 478 g/mol. The predicted molar refractivity (Wildman–Crippen MR) is 127 cm³/mol. The van der Waals surface area contributed by atoms with Crippen molar-refractivity contribution in [2.75, 3.05) is 0 Å². The molecule has 0 unspecified atom stereocenters. The fourth-order valence-corrected chi connectivity index (χ4v) is 4.17. The van der Waals surface area contributed by atoms with Gasteiger partial charge in [0.25, 0.3) is 11.4 Å². The van der Waals surface area contributed by atoms with Gasteiger partial charge in [0.15, 0.2) is 0 Å². The van der Waals surface area contributed by atoms with Crippen LogP contribution >= 0.6 is 23.4 Å². The quantitative estimate of drug-likeness (QED) is 0.223. The SMILES string of the molecule is Cc1ccc(-c2nc(Sc3ccc([N+](=O)[O-])cc3[N+](=O)[O-])cnc2-c2cccc(Cl)c2)cc1. The second-order valence-electron chi connectivity index (χ2n) is 7.05. The lowest BCUT2D eigenvalue weighted by Gasteiger charge is -2.11. The van der Waals surface area contributed by atoms with Crippen LogP contribution in [0.15, 0.2) is 82.8 Å². The molecule has 4 rings (SSSR count). The summed E-state index contributed by atoms with van der Waals surface area (Å²) in [5, 5.41) is 23.5. The fourth-order valence-electron chi connectivity index (χ4n) is 3.14. The fraction of sp³-hybridized carbons (Fsp3) is 0.0435. The number of non-ortho nitro benzene ring substituents is 1. The van der Waals surface area contributed by atoms with Gasteiger partial charge in [-0.15, -0.1) is 0 Å². The van der Waals surface area contributed by atoms with E-state index in [1.165, 1.54) is 18.3 Å². The number of hydrogen-bond donors (Lipinski definition) is 0. The molecule has 0 spiro atoms. The van der Waals surface area contributed by atoms with Crippen LogP contribution in [0.5, 0.6) is 0 Å². The van der Waals surface area contributed by atoms with Crippen molar-refractivity contribution in [2.24, 2.45) is 0 Å². The molecule has 1 aromatic heterocycles. The molecule has 0 radical (unpaired) electrons. The highest BCUT2D eigenvalue weighted by Crippen LogP contribution is 2.38. The van der Waals surface area contributed by atoms with Gasteiger partial charge in [0.2, 0.25) is 0 Å². The summed E-state index contributed by atoms with van der Waals surface area (Å²) in [5.41, 5.74) is 3.17. The van der Waals surface area contributed by atoms with Gasteiger partial charge in [-0.2, -0.15) is 0 Å². The molecule has 0 atom stereocenters. The summed E-state index contributed by atoms with van der Waals surface area (Å²) in [5.74, 6) is 0. The number of halogens is 1. The Morgan fingerprint density at radius 3 is 2.30 bits per heavy atom. The summed E-state index contributed by atoms with van der Waals surface area (Å²) < 4.78 is 0. The largest absolute Gasteiger partial charge is 0.290 e. The number of aryl methyl sites for hydroxylation is 1. The molecule has 8 nitrogen and oxygen atoms in total. The molecule has 0 N–H and O–H groups in total. The highest BCUT2D eigenvalue weighted by Gasteiger charge is 2.21. The van der Waals surface area contributed by atoms with E-state index < -0.39 is 9.85 Å². The minimum absolute atomic E-state index is 0.227. The van der Waals surface area contributed by atoms with Gasteiger partial charge in [-0.1, -0.05) is 65.3 Å². The molecule has 4 aromatic rings. The van der Waals surface area contributed by atoms with Gasteiger partial charge < -0.3 is 0 Å². The van der Waals surface area contributed by atoms with E-state index in [1.807, 2.05) is 43.3 Å². The van der Waals surface area contributed by atoms with Gasteiger partial charge in [-0.25, -0.2) is 4.98 Å². The molecule has 0 aliphatic rings. The minimum Gasteiger partial charge on any atom is -0.258 e. The van der Waals surface area contributed by atoms with Crippen LogP contribution in [-0.4, -0.2) is 19.8 Å². The van der Waals surface area contributed by atoms with E-state index >= 15 is 0 Å². The third-order valence-electron chi connectivity index (χ3n) is 4.74. The van der Waals surface area contributed by atoms with E-state index in [0.717, 1.165) is 34.5 Å². The standard InChI is InChI=1S/C23H15ClN4O4S/c1-14-5-7-15(8-6-14)23-22(16-3-2-4-17(24)11-16)25-13-21(26-23)33-20-10-9-18(27(29)30)12-19(20)28(31)32/h2-13H,1H3. The van der Waals surface area contributed by atoms with Crippen LogP contribution in [0, 0.1) is 27.2 Å². The van der Waals surface area contributed by atoms with Crippen molar-refractivity contribution in [3.63, 3.8) is 0 Å². The van der Waals surface area contributed by atoms with Gasteiger partial charge in [-0.3, -0.25) is 25.2 Å². The molecular weight excluding hydrogens is 464 g/mol. The zero-order chi connectivity index (χ0) is 23.5. The van der Waals surface area contributed by atoms with E-state index in [1.54, 1.807) is 12.1 Å². The van der Waals surface area contributed by atoms with Crippen LogP contribution in [0.3, 0.4) is 0 Å². The molecule has 10 heteroatoms. The zero-order valence-corrected chi connectivity index (χ0v) is 18.7. The number of hydrogen-bond acceptors (Lipinski definition) is 7. The van der Waals surface area contributed by atoms with Crippen LogP contribution < -0.4 is 0 Å². The Hall–Kier alpha value is -3.82. The van der Waals surface area contributed by atoms with Gasteiger partial charge in [-0.05, 0) is 25.1 Å². The predicted octanol–water partition coefficient (Wildman–Crippen LogP) is 6.74. The summed E-state index contributed by atoms with van der Waals surface area (Å²) in [6, 6.07) is 18.5. The molecule has 0 saturated heterocycles. The maximum absolute atomic E-state index is 11.5. The lowest BCUT2D eigenvalue weighted by Crippen LogP contribution is -1.97. The molecule has 164 valence electrons. The Morgan fingerprint density at radius 2 is 1.64 bits per heavy atom. The Morgan fingerprint density at radius 1 is 0.879 bits per heavy atom. The summed E-state index contributed by atoms with van der Waals surface area (Å²) in [4.78, 5) is 30.7. The van der Waals surface area contributed by atoms with E-state index in [-0.39, 0.29) is 16.3 Å². The van der Waals surface area contributed by atoms with Gasteiger partial charge in [0.05, 0.1) is 38.4 Å². The van der Waals surface area contributed by atoms with Crippen LogP contribution in [0.1, 0.15) is 5.56 Å². The molecule has 0 aliphatic carbocycles. The first-order valence-electron chi connectivity index (χ1n) is 9.62. The van der Waals surface area contributed by atoms with E-state index in [0.29, 0.717) is 21.4 Å². The number of aromatic nitrogens is 2. The maximum Gasteiger partial charge on any atom is 0.290 e. The zero-order valence-electron chi connectivity index (χ0n) is 17.1. The Kier molecular flexibility index (Phi) is 6.34. The van der Waals surface area contributed by atoms with Crippen molar-refractivity contribution in [3.05, 3.63) is 104 Å². The second kappa shape index (κ2) is 9.35. The molecule has 0 aliphatic heterocycles. The number of benzene rings is 3. The average molecular weight is 479 g/mol. The number of nitrogens with zero attached hydrogens (tertiary/aromatic N) is 4. The first-order valence-corrected chi connectivity index (χ1v) is 10.8. The number of nitro benzene ring substituents is 2. The van der Waals surface area contributed by atoms with E-state index in [4.69, 9.17) is 16.6 Å². The second-order valence-corrected chi connectivity index (χ2v) is 8.55. The van der Waals surface area contributed by atoms with Crippen molar-refractivity contribution in [1.29, 1.82) is 0 Å². The Labute approximate surface area is 197 Å². The Bertz CT molecular complexity index is 1380. The third kappa shape index (κ3) is 5.00. The van der Waals surface area contributed by atoms with Crippen molar-refractivity contribution in [2.45, 2.75) is 16.8 Å². The van der Waals surface area contributed by atoms with Gasteiger partial charge >= 0.3 is 0 Å². The van der Waals surface area contributed by atoms with Crippen LogP contribution in [0.4, 0.5) is 11.4 Å². The van der Waals surface area contributed by atoms with Crippen LogP contribution in [0.2, 0.25) is 5.02 Å². The maximum atomic E-state index is 11.5. The topological polar surface area (TPSA) is 112 Å².